The minimum atomic E-state index is -4.31. The molecule has 2 rings (SSSR count). The molecule has 0 fully saturated rings. The van der Waals surface area contributed by atoms with E-state index in [1.54, 1.807) is 12.1 Å². The molecule has 0 aliphatic heterocycles. The van der Waals surface area contributed by atoms with Crippen LogP contribution in [0, 0.1) is 0 Å². The number of ether oxygens (including phenoxy) is 2. The number of rotatable bonds is 11. The summed E-state index contributed by atoms with van der Waals surface area (Å²) in [4.78, 5) is 4.61. The van der Waals surface area contributed by atoms with Crippen LogP contribution in [0.3, 0.4) is 0 Å². The van der Waals surface area contributed by atoms with Gasteiger partial charge in [-0.2, -0.15) is 13.2 Å². The maximum Gasteiger partial charge on any atom is 0.411 e. The van der Waals surface area contributed by atoms with E-state index in [0.717, 1.165) is 23.2 Å². The van der Waals surface area contributed by atoms with Crippen molar-refractivity contribution in [3.63, 3.8) is 0 Å². The van der Waals surface area contributed by atoms with Crippen LogP contribution in [0.5, 0.6) is 0 Å². The Bertz CT molecular complexity index is 798. The number of hydrogen-bond acceptors (Lipinski definition) is 3. The molecule has 0 aliphatic rings. The van der Waals surface area contributed by atoms with Gasteiger partial charge in [-0.1, -0.05) is 48.5 Å². The first-order valence-corrected chi connectivity index (χ1v) is 10.3. The molecule has 2 aromatic rings. The number of hydrogen-bond donors (Lipinski definition) is 2. The lowest BCUT2D eigenvalue weighted by atomic mass is 10.1. The molecule has 2 N–H and O–H groups in total. The van der Waals surface area contributed by atoms with Crippen molar-refractivity contribution in [2.24, 2.45) is 4.99 Å². The van der Waals surface area contributed by atoms with Gasteiger partial charge in [-0.05, 0) is 36.1 Å². The zero-order valence-electron chi connectivity index (χ0n) is 18.4. The SMILES string of the molecule is CCNC(=NCc1ccc(COCC)cc1)NCc1ccc(COCC(F)(F)F)cc1.I. The van der Waals surface area contributed by atoms with Crippen LogP contribution in [0.1, 0.15) is 36.1 Å². The third-order valence-electron chi connectivity index (χ3n) is 4.28. The quantitative estimate of drug-likeness (QED) is 0.224. The fourth-order valence-electron chi connectivity index (χ4n) is 2.70. The van der Waals surface area contributed by atoms with E-state index < -0.39 is 12.8 Å². The normalized spacial score (nSPS) is 11.7. The van der Waals surface area contributed by atoms with E-state index in [2.05, 4.69) is 20.4 Å². The highest BCUT2D eigenvalue weighted by atomic mass is 127. The topological polar surface area (TPSA) is 54.9 Å². The number of alkyl halides is 3. The van der Waals surface area contributed by atoms with Crippen LogP contribution in [0.25, 0.3) is 0 Å². The maximum atomic E-state index is 12.1. The summed E-state index contributed by atoms with van der Waals surface area (Å²) in [5.41, 5.74) is 3.92. The molecule has 0 radical (unpaired) electrons. The Morgan fingerprint density at radius 2 is 1.34 bits per heavy atom. The molecule has 178 valence electrons. The molecule has 0 aromatic heterocycles. The zero-order valence-corrected chi connectivity index (χ0v) is 20.7. The van der Waals surface area contributed by atoms with Crippen LogP contribution >= 0.6 is 24.0 Å². The first-order valence-electron chi connectivity index (χ1n) is 10.3. The Balaban J connectivity index is 0.00000512. The number of guanidine groups is 1. The molecule has 0 unspecified atom stereocenters. The Hall–Kier alpha value is -1.85. The van der Waals surface area contributed by atoms with Crippen molar-refractivity contribution in [2.75, 3.05) is 19.8 Å². The molecule has 2 aromatic carbocycles. The summed E-state index contributed by atoms with van der Waals surface area (Å²) in [5.74, 6) is 0.693. The van der Waals surface area contributed by atoms with Crippen molar-refractivity contribution < 1.29 is 22.6 Å². The number of nitrogens with zero attached hydrogens (tertiary/aromatic N) is 1. The number of aliphatic imine (C=N–C) groups is 1. The first kappa shape index (κ1) is 28.2. The lowest BCUT2D eigenvalue weighted by Gasteiger charge is -2.12. The fourth-order valence-corrected chi connectivity index (χ4v) is 2.70. The minimum Gasteiger partial charge on any atom is -0.377 e. The predicted molar refractivity (Wildman–Crippen MR) is 131 cm³/mol. The lowest BCUT2D eigenvalue weighted by molar-refractivity contribution is -0.176. The number of nitrogens with one attached hydrogen (secondary N) is 2. The minimum absolute atomic E-state index is 0. The molecule has 9 heteroatoms. The van der Waals surface area contributed by atoms with E-state index in [-0.39, 0.29) is 30.6 Å². The van der Waals surface area contributed by atoms with Gasteiger partial charge in [-0.25, -0.2) is 4.99 Å². The average Bonchev–Trinajstić information content (AvgIpc) is 2.75. The molecule has 0 heterocycles. The molecule has 0 saturated heterocycles. The van der Waals surface area contributed by atoms with Crippen molar-refractivity contribution in [2.45, 2.75) is 46.3 Å². The van der Waals surface area contributed by atoms with E-state index in [1.807, 2.05) is 50.2 Å². The third-order valence-corrected chi connectivity index (χ3v) is 4.28. The van der Waals surface area contributed by atoms with E-state index in [4.69, 9.17) is 4.74 Å². The standard InChI is InChI=1S/C23H30F3N3O2.HI/c1-3-27-22(28-13-18-5-9-20(10-6-18)15-30-4-2)29-14-19-7-11-21(12-8-19)16-31-17-23(24,25)26;/h5-12H,3-4,13-17H2,1-2H3,(H2,27,28,29);1H. The van der Waals surface area contributed by atoms with Gasteiger partial charge >= 0.3 is 6.18 Å². The van der Waals surface area contributed by atoms with Crippen LogP contribution in [-0.4, -0.2) is 31.9 Å². The van der Waals surface area contributed by atoms with E-state index in [9.17, 15) is 13.2 Å². The first-order chi connectivity index (χ1) is 14.9. The monoisotopic (exact) mass is 565 g/mol. The summed E-state index contributed by atoms with van der Waals surface area (Å²) in [6, 6.07) is 15.4. The second-order valence-electron chi connectivity index (χ2n) is 6.93. The van der Waals surface area contributed by atoms with Gasteiger partial charge in [0.15, 0.2) is 5.96 Å². The molecule has 0 saturated carbocycles. The average molecular weight is 565 g/mol. The van der Waals surface area contributed by atoms with Gasteiger partial charge in [0.05, 0.1) is 19.8 Å². The van der Waals surface area contributed by atoms with Gasteiger partial charge in [0, 0.05) is 19.7 Å². The second-order valence-corrected chi connectivity index (χ2v) is 6.93. The Kier molecular flexibility index (Phi) is 13.3. The highest BCUT2D eigenvalue weighted by molar-refractivity contribution is 14.0. The molecular formula is C23H31F3IN3O2. The van der Waals surface area contributed by atoms with Crippen LogP contribution in [0.15, 0.2) is 53.5 Å². The van der Waals surface area contributed by atoms with Crippen molar-refractivity contribution in [1.82, 2.24) is 10.6 Å². The van der Waals surface area contributed by atoms with Crippen molar-refractivity contribution in [3.8, 4) is 0 Å². The Labute approximate surface area is 204 Å². The van der Waals surface area contributed by atoms with Crippen molar-refractivity contribution in [1.29, 1.82) is 0 Å². The third kappa shape index (κ3) is 11.7. The molecular weight excluding hydrogens is 534 g/mol. The van der Waals surface area contributed by atoms with Crippen LogP contribution in [0.2, 0.25) is 0 Å². The molecule has 0 amide bonds. The molecule has 32 heavy (non-hydrogen) atoms. The maximum absolute atomic E-state index is 12.1. The van der Waals surface area contributed by atoms with Gasteiger partial charge in [0.1, 0.15) is 6.61 Å². The summed E-state index contributed by atoms with van der Waals surface area (Å²) < 4.78 is 46.5. The summed E-state index contributed by atoms with van der Waals surface area (Å²) in [7, 11) is 0. The van der Waals surface area contributed by atoms with E-state index in [1.165, 1.54) is 0 Å². The van der Waals surface area contributed by atoms with Gasteiger partial charge in [0.2, 0.25) is 0 Å². The van der Waals surface area contributed by atoms with Crippen LogP contribution in [-0.2, 0) is 35.8 Å². The van der Waals surface area contributed by atoms with Gasteiger partial charge < -0.3 is 20.1 Å². The summed E-state index contributed by atoms with van der Waals surface area (Å²) >= 11 is 0. The summed E-state index contributed by atoms with van der Waals surface area (Å²) in [6.45, 7) is 5.77. The summed E-state index contributed by atoms with van der Waals surface area (Å²) in [6.07, 6.45) is -4.31. The Morgan fingerprint density at radius 3 is 1.88 bits per heavy atom. The summed E-state index contributed by atoms with van der Waals surface area (Å²) in [5, 5.41) is 6.48. The highest BCUT2D eigenvalue weighted by Crippen LogP contribution is 2.16. The van der Waals surface area contributed by atoms with Gasteiger partial charge in [0.25, 0.3) is 0 Å². The highest BCUT2D eigenvalue weighted by Gasteiger charge is 2.27. The molecule has 0 bridgehead atoms. The van der Waals surface area contributed by atoms with Crippen LogP contribution in [0.4, 0.5) is 13.2 Å². The zero-order chi connectivity index (χ0) is 22.5. The second kappa shape index (κ2) is 15.1. The smallest absolute Gasteiger partial charge is 0.377 e. The van der Waals surface area contributed by atoms with E-state index in [0.29, 0.717) is 37.8 Å². The Morgan fingerprint density at radius 1 is 0.812 bits per heavy atom. The van der Waals surface area contributed by atoms with Gasteiger partial charge in [-0.3, -0.25) is 0 Å². The van der Waals surface area contributed by atoms with Crippen molar-refractivity contribution in [3.05, 3.63) is 70.8 Å². The van der Waals surface area contributed by atoms with E-state index >= 15 is 0 Å². The number of benzene rings is 2. The fraction of sp³-hybridized carbons (Fsp3) is 0.435. The lowest BCUT2D eigenvalue weighted by Crippen LogP contribution is -2.36. The largest absolute Gasteiger partial charge is 0.411 e. The molecule has 0 atom stereocenters. The molecule has 5 nitrogen and oxygen atoms in total. The van der Waals surface area contributed by atoms with Crippen molar-refractivity contribution >= 4 is 29.9 Å². The number of halogens is 4. The van der Waals surface area contributed by atoms with Gasteiger partial charge in [-0.15, -0.1) is 24.0 Å². The molecule has 0 aliphatic carbocycles. The van der Waals surface area contributed by atoms with Crippen LogP contribution < -0.4 is 10.6 Å². The predicted octanol–water partition coefficient (Wildman–Crippen LogP) is 5.18. The molecule has 0 spiro atoms.